The van der Waals surface area contributed by atoms with Gasteiger partial charge in [-0.25, -0.2) is 8.42 Å². The van der Waals surface area contributed by atoms with Gasteiger partial charge in [0.1, 0.15) is 8.22 Å². The van der Waals surface area contributed by atoms with E-state index in [1.165, 1.54) is 30.3 Å². The van der Waals surface area contributed by atoms with Crippen molar-refractivity contribution in [2.24, 2.45) is 0 Å². The number of hydrogen-bond acceptors (Lipinski definition) is 18. The number of ether oxygens (including phenoxy) is 6. The van der Waals surface area contributed by atoms with Crippen molar-refractivity contribution >= 4 is 88.4 Å². The Morgan fingerprint density at radius 2 is 1.14 bits per heavy atom. The Kier molecular flexibility index (Phi) is 25.6. The minimum Gasteiger partial charge on any atom is -1.00 e. The van der Waals surface area contributed by atoms with Gasteiger partial charge in [-0.05, 0) is 36.4 Å². The standard InChI is InChI=1S/C7H5ClO4S.C7H5NO4.C7H7NO2.C6H5NO4.CH2I2.CH2O3.2CH4.2Cs.H/c8-13(9,10)5-1-2-6-7(3-5)12-4-11-6;9-8(10)5-1-2-6-7(3-5)12-4-11-6;8-5-1-2-6-7(3-5)10-4-9-6;8-5-2-1-4(7(10)11)3-6(5)9;2-1-3;2-1-4-3;;;;;/h1-3H,4H2;1-3H,4H2;1-3H,4,8H2;1-3,8-9H;1H2;1,3H;2*1H4;;;/q;;;;;;;;2*+1;-1/p-1/i3*4D2;;1D2;;;;;;. The molecule has 20 nitrogen and oxygen atoms in total. The van der Waals surface area contributed by atoms with E-state index in [-0.39, 0.29) is 206 Å². The number of nitrogens with two attached hydrogens (primary N) is 1. The van der Waals surface area contributed by atoms with Crippen molar-refractivity contribution in [2.45, 2.75) is 19.7 Å². The molecule has 7 rings (SSSR count). The summed E-state index contributed by atoms with van der Waals surface area (Å²) in [7, 11) is 1.27. The number of nitrogens with zero attached hydrogens (tertiary/aromatic N) is 2. The van der Waals surface area contributed by atoms with Crippen LogP contribution in [0.1, 0.15) is 27.2 Å². The molecule has 0 saturated carbocycles. The summed E-state index contributed by atoms with van der Waals surface area (Å²) < 4.78 is 105. The number of hydrogen-bond donors (Lipinski definition) is 3. The van der Waals surface area contributed by atoms with Gasteiger partial charge in [0.2, 0.25) is 20.2 Å². The van der Waals surface area contributed by atoms with Gasteiger partial charge in [0.25, 0.3) is 26.9 Å². The van der Waals surface area contributed by atoms with Crippen LogP contribution in [0.15, 0.2) is 77.7 Å². The molecule has 0 spiro atoms. The van der Waals surface area contributed by atoms with E-state index in [2.05, 4.69) is 4.89 Å². The number of phenols is 2. The van der Waals surface area contributed by atoms with E-state index in [1.807, 2.05) is 0 Å². The van der Waals surface area contributed by atoms with E-state index >= 15 is 0 Å². The molecular formula is C31H34ClCs2I2N3O17S. The van der Waals surface area contributed by atoms with Crippen LogP contribution < -0.4 is 177 Å². The van der Waals surface area contributed by atoms with Crippen LogP contribution in [0.25, 0.3) is 0 Å². The number of fused-ring (bicyclic) bond motifs is 3. The molecule has 304 valence electrons. The summed E-state index contributed by atoms with van der Waals surface area (Å²) in [6.07, 6.45) is 0. The average Bonchev–Trinajstić information content (AvgIpc) is 3.73. The zero-order valence-corrected chi connectivity index (χ0v) is 46.0. The third kappa shape index (κ3) is 22.0. The van der Waals surface area contributed by atoms with E-state index in [0.29, 0.717) is 17.2 Å². The molecule has 0 fully saturated rings. The Bertz CT molecular complexity index is 2350. The van der Waals surface area contributed by atoms with Crippen LogP contribution in [0, 0.1) is 20.2 Å². The molecule has 57 heavy (non-hydrogen) atoms. The number of carbonyl (C=O) groups is 1. The number of alkyl halides is 2. The van der Waals surface area contributed by atoms with Crippen LogP contribution in [0.4, 0.5) is 17.1 Å². The minimum absolute atomic E-state index is 0. The number of nitro groups is 2. The van der Waals surface area contributed by atoms with Gasteiger partial charge in [0.15, 0.2) is 46.0 Å². The Balaban J connectivity index is -0.000000359. The van der Waals surface area contributed by atoms with Crippen molar-refractivity contribution in [2.75, 3.05) is 28.4 Å². The summed E-state index contributed by atoms with van der Waals surface area (Å²) in [4.78, 5) is 30.3. The van der Waals surface area contributed by atoms with Gasteiger partial charge in [-0.1, -0.05) is 60.0 Å². The van der Waals surface area contributed by atoms with E-state index in [0.717, 1.165) is 30.3 Å². The fraction of sp³-hybridized carbons (Fsp3) is 0.194. The first-order valence-corrected chi connectivity index (χ1v) is 17.5. The average molecular weight is 1320 g/mol. The molecule has 4 aromatic rings. The number of rotatable bonds is 4. The number of aromatic hydroxyl groups is 2. The summed E-state index contributed by atoms with van der Waals surface area (Å²) in [5, 5.41) is 46.4. The van der Waals surface area contributed by atoms with E-state index in [9.17, 15) is 28.6 Å². The fourth-order valence-corrected chi connectivity index (χ4v) is 3.99. The van der Waals surface area contributed by atoms with Gasteiger partial charge in [-0.2, -0.15) is 0 Å². The Morgan fingerprint density at radius 3 is 1.56 bits per heavy atom. The molecule has 0 atom stereocenters. The van der Waals surface area contributed by atoms with Crippen LogP contribution >= 0.6 is 55.9 Å². The molecule has 0 unspecified atom stereocenters. The number of nitrogen functional groups attached to an aromatic ring is 1. The number of benzene rings is 4. The van der Waals surface area contributed by atoms with Gasteiger partial charge in [-0.15, -0.1) is 0 Å². The monoisotopic (exact) mass is 1310 g/mol. The number of nitro benzene ring substituents is 2. The van der Waals surface area contributed by atoms with Crippen LogP contribution in [0.3, 0.4) is 0 Å². The maximum Gasteiger partial charge on any atom is 1.00 e. The SMILES string of the molecule is C.C.O=CO[O-].O=[N+]([O-])c1ccc(O)c(O)c1.[2H]C([2H])(I)I.[2H]C1([2H])Oc2ccc(N)cc2O1.[2H]C1([2H])Oc2ccc(S(=O)(=O)Cl)cc2O1.[2H]C1([2H])Oc2ccc([N+](=O)[O-])cc2O1.[Cs+].[Cs+].[H-]. The first kappa shape index (κ1) is 45.6. The molecule has 0 aliphatic carbocycles. The molecule has 0 amide bonds. The summed E-state index contributed by atoms with van der Waals surface area (Å²) in [6, 6.07) is 15.1. The number of non-ortho nitro benzene ring substituents is 2. The van der Waals surface area contributed by atoms with Gasteiger partial charge < -0.3 is 55.9 Å². The van der Waals surface area contributed by atoms with Crippen molar-refractivity contribution in [3.8, 4) is 46.0 Å². The molecule has 3 heterocycles. The summed E-state index contributed by atoms with van der Waals surface area (Å²) in [5.74, 6) is 0.250. The molecule has 26 heteroatoms. The van der Waals surface area contributed by atoms with Gasteiger partial charge in [0, 0.05) is 43.4 Å². The number of anilines is 1. The minimum atomic E-state index is -3.85. The predicted octanol–water partition coefficient (Wildman–Crippen LogP) is 0.311. The van der Waals surface area contributed by atoms with Crippen molar-refractivity contribution in [3.63, 3.8) is 0 Å². The second-order valence-corrected chi connectivity index (χ2v) is 14.4. The number of halogens is 3. The van der Waals surface area contributed by atoms with E-state index in [1.54, 1.807) is 57.3 Å². The number of phenolic OH excluding ortho intramolecular Hbond substituents is 2. The zero-order chi connectivity index (χ0) is 46.7. The number of carbonyl (C=O) groups excluding carboxylic acids is 1. The van der Waals surface area contributed by atoms with E-state index in [4.69, 9.17) is 76.1 Å². The third-order valence-electron chi connectivity index (χ3n) is 5.42. The maximum absolute atomic E-state index is 11.0. The molecule has 4 N–H and O–H groups in total. The molecule has 3 aliphatic rings. The van der Waals surface area contributed by atoms with Crippen LogP contribution in [0.2, 0.25) is 0 Å². The molecule has 0 radical (unpaired) electrons. The molecule has 3 aliphatic heterocycles. The second-order valence-electron chi connectivity index (χ2n) is 8.70. The maximum atomic E-state index is 11.0. The second kappa shape index (κ2) is 31.9. The topological polar surface area (TPSA) is 292 Å². The summed E-state index contributed by atoms with van der Waals surface area (Å²) >= 11 is 3.40. The van der Waals surface area contributed by atoms with Crippen molar-refractivity contribution in [3.05, 3.63) is 93.0 Å². The zero-order valence-electron chi connectivity index (χ0n) is 36.5. The van der Waals surface area contributed by atoms with Crippen molar-refractivity contribution < 1.29 is 222 Å². The van der Waals surface area contributed by atoms with Gasteiger partial charge in [-0.3, -0.25) is 25.0 Å². The van der Waals surface area contributed by atoms with Gasteiger partial charge >= 0.3 is 138 Å². The Morgan fingerprint density at radius 1 is 0.772 bits per heavy atom. The Hall–Kier alpha value is -0.886. The van der Waals surface area contributed by atoms with Crippen molar-refractivity contribution in [1.29, 1.82) is 0 Å². The van der Waals surface area contributed by atoms with Crippen molar-refractivity contribution in [1.82, 2.24) is 0 Å². The molecule has 0 bridgehead atoms. The predicted molar refractivity (Wildman–Crippen MR) is 213 cm³/mol. The van der Waals surface area contributed by atoms with Crippen LogP contribution in [-0.2, 0) is 18.7 Å². The smallest absolute Gasteiger partial charge is 1.00 e. The first-order chi connectivity index (χ1) is 27.8. The summed E-state index contributed by atoms with van der Waals surface area (Å²) in [5.41, 5.74) is 5.57. The molecule has 4 aromatic carbocycles. The quantitative estimate of drug-likeness (QED) is 0.0285. The molecule has 0 aromatic heterocycles. The first-order valence-electron chi connectivity index (χ1n) is 17.0. The van der Waals surface area contributed by atoms with Crippen LogP contribution in [-0.4, -0.2) is 57.6 Å². The Labute approximate surface area is 488 Å². The molecule has 0 saturated heterocycles. The fourth-order valence-electron chi connectivity index (χ4n) is 3.22. The van der Waals surface area contributed by atoms with Crippen LogP contribution in [0.5, 0.6) is 46.0 Å². The van der Waals surface area contributed by atoms with Gasteiger partial charge in [0.05, 0.1) is 29.3 Å². The molecular weight excluding hydrogens is 1270 g/mol. The van der Waals surface area contributed by atoms with E-state index < -0.39 is 47.3 Å². The normalized spacial score (nSPS) is 15.9. The summed E-state index contributed by atoms with van der Waals surface area (Å²) in [6.45, 7) is -6.75. The largest absolute Gasteiger partial charge is 1.00 e. The third-order valence-corrected chi connectivity index (χ3v) is 6.77.